The molecule has 0 aliphatic carbocycles. The minimum absolute atomic E-state index is 0.0703. The Morgan fingerprint density at radius 2 is 2.36 bits per heavy atom. The van der Waals surface area contributed by atoms with Crippen LogP contribution in [0.4, 0.5) is 5.88 Å². The molecule has 0 unspecified atom stereocenters. The van der Waals surface area contributed by atoms with Crippen LogP contribution in [0, 0.1) is 10.1 Å². The highest BCUT2D eigenvalue weighted by molar-refractivity contribution is 8.04. The molecule has 22 heavy (non-hydrogen) atoms. The summed E-state index contributed by atoms with van der Waals surface area (Å²) in [5.41, 5.74) is 0. The number of nitrogens with zero attached hydrogens (tertiary/aromatic N) is 3. The number of carbonyl (C=O) groups is 1. The first-order valence-electron chi connectivity index (χ1n) is 6.28. The standard InChI is InChI=1S/C12H12N4O5S/c1-2-3-9-13-12(15-14-9)22-8(11(17)18)6-7-4-5-10(21-7)16(19)20/h4-6H,2-3H2,1H3,(H,17,18)(H,13,14,15)/b8-6-. The van der Waals surface area contributed by atoms with E-state index in [1.165, 1.54) is 12.1 Å². The van der Waals surface area contributed by atoms with Crippen molar-refractivity contribution < 1.29 is 19.2 Å². The highest BCUT2D eigenvalue weighted by Crippen LogP contribution is 2.27. The van der Waals surface area contributed by atoms with Gasteiger partial charge in [-0.25, -0.2) is 9.78 Å². The number of nitro groups is 1. The molecule has 0 saturated carbocycles. The van der Waals surface area contributed by atoms with Gasteiger partial charge >= 0.3 is 11.9 Å². The molecule has 0 aliphatic rings. The molecule has 2 heterocycles. The van der Waals surface area contributed by atoms with Gasteiger partial charge in [0, 0.05) is 12.5 Å². The van der Waals surface area contributed by atoms with Gasteiger partial charge in [0.05, 0.1) is 6.07 Å². The van der Waals surface area contributed by atoms with Crippen LogP contribution >= 0.6 is 11.8 Å². The van der Waals surface area contributed by atoms with Crippen molar-refractivity contribution in [2.75, 3.05) is 0 Å². The van der Waals surface area contributed by atoms with Crippen LogP contribution in [0.15, 0.2) is 26.6 Å². The molecule has 10 heteroatoms. The molecule has 2 aromatic rings. The van der Waals surface area contributed by atoms with Crippen LogP contribution in [0.1, 0.15) is 24.9 Å². The van der Waals surface area contributed by atoms with Gasteiger partial charge in [-0.1, -0.05) is 6.92 Å². The predicted molar refractivity (Wildman–Crippen MR) is 77.2 cm³/mol. The van der Waals surface area contributed by atoms with Crippen molar-refractivity contribution in [1.82, 2.24) is 15.2 Å². The number of H-pyrrole nitrogens is 1. The lowest BCUT2D eigenvalue weighted by atomic mass is 10.3. The highest BCUT2D eigenvalue weighted by atomic mass is 32.2. The van der Waals surface area contributed by atoms with Crippen LogP contribution in [0.25, 0.3) is 6.08 Å². The molecule has 0 saturated heterocycles. The lowest BCUT2D eigenvalue weighted by Gasteiger charge is -1.96. The summed E-state index contributed by atoms with van der Waals surface area (Å²) in [4.78, 5) is 25.1. The van der Waals surface area contributed by atoms with Gasteiger partial charge < -0.3 is 9.52 Å². The summed E-state index contributed by atoms with van der Waals surface area (Å²) in [6.45, 7) is 1.99. The Balaban J connectivity index is 2.19. The van der Waals surface area contributed by atoms with Crippen LogP contribution in [0.3, 0.4) is 0 Å². The first-order chi connectivity index (χ1) is 10.5. The summed E-state index contributed by atoms with van der Waals surface area (Å²) >= 11 is 0.834. The number of nitrogens with one attached hydrogen (secondary N) is 1. The number of hydrogen-bond acceptors (Lipinski definition) is 7. The fraction of sp³-hybridized carbons (Fsp3) is 0.250. The third-order valence-corrected chi connectivity index (χ3v) is 3.35. The van der Waals surface area contributed by atoms with Crippen LogP contribution in [0.5, 0.6) is 0 Å². The third-order valence-electron chi connectivity index (χ3n) is 2.48. The Hall–Kier alpha value is -2.62. The second-order valence-corrected chi connectivity index (χ2v) is 5.17. The predicted octanol–water partition coefficient (Wildman–Crippen LogP) is 2.48. The van der Waals surface area contributed by atoms with Crippen molar-refractivity contribution in [2.24, 2.45) is 0 Å². The van der Waals surface area contributed by atoms with Crippen molar-refractivity contribution in [3.05, 3.63) is 38.7 Å². The fourth-order valence-corrected chi connectivity index (χ4v) is 2.26. The maximum Gasteiger partial charge on any atom is 0.433 e. The van der Waals surface area contributed by atoms with Crippen LogP contribution < -0.4 is 0 Å². The molecule has 116 valence electrons. The second kappa shape index (κ2) is 6.89. The topological polar surface area (TPSA) is 135 Å². The summed E-state index contributed by atoms with van der Waals surface area (Å²) in [5.74, 6) is -0.917. The maximum atomic E-state index is 11.3. The van der Waals surface area contributed by atoms with E-state index < -0.39 is 16.8 Å². The van der Waals surface area contributed by atoms with Crippen molar-refractivity contribution in [3.63, 3.8) is 0 Å². The summed E-state index contributed by atoms with van der Waals surface area (Å²) < 4.78 is 4.91. The van der Waals surface area contributed by atoms with Crippen molar-refractivity contribution in [3.8, 4) is 0 Å². The molecule has 0 aromatic carbocycles. The van der Waals surface area contributed by atoms with E-state index in [0.29, 0.717) is 12.2 Å². The number of aliphatic carboxylic acids is 1. The second-order valence-electron chi connectivity index (χ2n) is 4.16. The Morgan fingerprint density at radius 3 is 2.95 bits per heavy atom. The van der Waals surface area contributed by atoms with E-state index >= 15 is 0 Å². The molecule has 0 bridgehead atoms. The maximum absolute atomic E-state index is 11.3. The van der Waals surface area contributed by atoms with Crippen molar-refractivity contribution in [1.29, 1.82) is 0 Å². The lowest BCUT2D eigenvalue weighted by Crippen LogP contribution is -1.97. The Labute approximate surface area is 128 Å². The SMILES string of the molecule is CCCc1nc(S/C(=C\c2ccc([N+](=O)[O-])o2)C(=O)O)n[nH]1. The number of aryl methyl sites for hydroxylation is 1. The first kappa shape index (κ1) is 15.8. The van der Waals surface area contributed by atoms with Gasteiger partial charge in [0.1, 0.15) is 21.4 Å². The normalized spacial score (nSPS) is 11.6. The number of hydrogen-bond donors (Lipinski definition) is 2. The monoisotopic (exact) mass is 324 g/mol. The number of furan rings is 1. The minimum Gasteiger partial charge on any atom is -0.477 e. The van der Waals surface area contributed by atoms with Crippen LogP contribution in [0.2, 0.25) is 0 Å². The van der Waals surface area contributed by atoms with Gasteiger partial charge in [-0.05, 0) is 24.2 Å². The van der Waals surface area contributed by atoms with Crippen molar-refractivity contribution >= 4 is 29.7 Å². The zero-order valence-corrected chi connectivity index (χ0v) is 12.3. The minimum atomic E-state index is -1.20. The van der Waals surface area contributed by atoms with E-state index in [-0.39, 0.29) is 15.8 Å². The van der Waals surface area contributed by atoms with E-state index in [4.69, 9.17) is 4.42 Å². The van der Waals surface area contributed by atoms with E-state index in [2.05, 4.69) is 15.2 Å². The van der Waals surface area contributed by atoms with Crippen LogP contribution in [-0.4, -0.2) is 31.2 Å². The van der Waals surface area contributed by atoms with Crippen molar-refractivity contribution in [2.45, 2.75) is 24.9 Å². The molecule has 2 aromatic heterocycles. The zero-order chi connectivity index (χ0) is 16.1. The highest BCUT2D eigenvalue weighted by Gasteiger charge is 2.16. The van der Waals surface area contributed by atoms with Gasteiger partial charge in [0.25, 0.3) is 0 Å². The Bertz CT molecular complexity index is 721. The Morgan fingerprint density at radius 1 is 1.59 bits per heavy atom. The molecule has 0 radical (unpaired) electrons. The van der Waals surface area contributed by atoms with E-state index in [0.717, 1.165) is 24.2 Å². The average Bonchev–Trinajstić information content (AvgIpc) is 3.08. The smallest absolute Gasteiger partial charge is 0.433 e. The quantitative estimate of drug-likeness (QED) is 0.343. The summed E-state index contributed by atoms with van der Waals surface area (Å²) in [6.07, 6.45) is 2.79. The van der Waals surface area contributed by atoms with Gasteiger partial charge in [-0.3, -0.25) is 15.2 Å². The summed E-state index contributed by atoms with van der Waals surface area (Å²) in [5, 5.41) is 26.6. The molecule has 2 N–H and O–H groups in total. The molecule has 0 spiro atoms. The van der Waals surface area contributed by atoms with Gasteiger partial charge in [0.15, 0.2) is 0 Å². The number of aromatic nitrogens is 3. The molecular weight excluding hydrogens is 312 g/mol. The number of carboxylic acids is 1. The average molecular weight is 324 g/mol. The Kier molecular flexibility index (Phi) is 4.94. The molecule has 0 aliphatic heterocycles. The number of carboxylic acid groups (broad SMARTS) is 1. The van der Waals surface area contributed by atoms with E-state index in [1.54, 1.807) is 0 Å². The summed E-state index contributed by atoms with van der Waals surface area (Å²) in [7, 11) is 0. The van der Waals surface area contributed by atoms with Gasteiger partial charge in [-0.15, -0.1) is 5.10 Å². The van der Waals surface area contributed by atoms with Gasteiger partial charge in [-0.2, -0.15) is 0 Å². The zero-order valence-electron chi connectivity index (χ0n) is 11.5. The number of thioether (sulfide) groups is 1. The molecule has 2 rings (SSSR count). The summed E-state index contributed by atoms with van der Waals surface area (Å²) in [6, 6.07) is 2.48. The van der Waals surface area contributed by atoms with E-state index in [1.807, 2.05) is 6.92 Å². The lowest BCUT2D eigenvalue weighted by molar-refractivity contribution is -0.402. The largest absolute Gasteiger partial charge is 0.477 e. The number of rotatable bonds is 7. The number of aromatic amines is 1. The molecule has 0 amide bonds. The fourth-order valence-electron chi connectivity index (χ4n) is 1.55. The molecule has 0 fully saturated rings. The molecular formula is C12H12N4O5S. The molecule has 9 nitrogen and oxygen atoms in total. The molecule has 0 atom stereocenters. The first-order valence-corrected chi connectivity index (χ1v) is 7.09. The third kappa shape index (κ3) is 3.95. The van der Waals surface area contributed by atoms with E-state index in [9.17, 15) is 20.0 Å². The van der Waals surface area contributed by atoms with Gasteiger partial charge in [0.2, 0.25) is 5.16 Å². The van der Waals surface area contributed by atoms with Crippen LogP contribution in [-0.2, 0) is 11.2 Å².